The van der Waals surface area contributed by atoms with Gasteiger partial charge in [0.25, 0.3) is 5.91 Å². The van der Waals surface area contributed by atoms with Gasteiger partial charge in [0, 0.05) is 6.54 Å². The highest BCUT2D eigenvalue weighted by atomic mass is 16.1. The number of nitrogens with zero attached hydrogens (tertiary/aromatic N) is 1. The van der Waals surface area contributed by atoms with E-state index in [0.29, 0.717) is 12.1 Å². The number of amides is 1. The van der Waals surface area contributed by atoms with Crippen LogP contribution in [0.5, 0.6) is 0 Å². The first-order chi connectivity index (χ1) is 10.2. The van der Waals surface area contributed by atoms with Gasteiger partial charge in [0.15, 0.2) is 0 Å². The van der Waals surface area contributed by atoms with Gasteiger partial charge in [-0.05, 0) is 42.7 Å². The van der Waals surface area contributed by atoms with Gasteiger partial charge in [-0.15, -0.1) is 0 Å². The fourth-order valence-electron chi connectivity index (χ4n) is 2.84. The zero-order valence-electron chi connectivity index (χ0n) is 12.6. The van der Waals surface area contributed by atoms with Crippen molar-refractivity contribution in [2.45, 2.75) is 45.6 Å². The Kier molecular flexibility index (Phi) is 5.57. The van der Waals surface area contributed by atoms with Crippen LogP contribution in [-0.2, 0) is 11.3 Å². The number of nitrogens with one attached hydrogen (secondary N) is 1. The molecule has 0 saturated heterocycles. The minimum absolute atomic E-state index is 0.230. The molecule has 1 aromatic rings. The predicted octanol–water partition coefficient (Wildman–Crippen LogP) is 3.72. The molecule has 1 aliphatic rings. The summed E-state index contributed by atoms with van der Waals surface area (Å²) in [6.07, 6.45) is 5.17. The molecule has 1 saturated carbocycles. The molecule has 0 spiro atoms. The molecule has 0 unspecified atom stereocenters. The van der Waals surface area contributed by atoms with Gasteiger partial charge in [-0.2, -0.15) is 5.26 Å². The Balaban J connectivity index is 1.98. The lowest BCUT2D eigenvalue weighted by Crippen LogP contribution is -2.25. The molecule has 1 aliphatic carbocycles. The molecule has 0 bridgehead atoms. The van der Waals surface area contributed by atoms with Gasteiger partial charge >= 0.3 is 0 Å². The van der Waals surface area contributed by atoms with Crippen molar-refractivity contribution in [2.24, 2.45) is 5.92 Å². The molecule has 1 aromatic carbocycles. The fraction of sp³-hybridized carbons (Fsp3) is 0.444. The molecule has 21 heavy (non-hydrogen) atoms. The Labute approximate surface area is 126 Å². The topological polar surface area (TPSA) is 52.9 Å². The number of hydrogen-bond donors (Lipinski definition) is 1. The molecule has 3 heteroatoms. The van der Waals surface area contributed by atoms with E-state index in [1.807, 2.05) is 30.3 Å². The van der Waals surface area contributed by atoms with Crippen molar-refractivity contribution in [2.75, 3.05) is 0 Å². The third-order valence-corrected chi connectivity index (χ3v) is 4.27. The Bertz CT molecular complexity index is 544. The standard InChI is InChI=1S/C18H22N2O/c1-2-14-8-10-16(11-9-14)17(12-19)18(21)20-13-15-6-4-3-5-7-15/h3-7,14H,2,8-11,13H2,1H3,(H,20,21). The van der Waals surface area contributed by atoms with Crippen LogP contribution in [0.2, 0.25) is 0 Å². The Morgan fingerprint density at radius 1 is 1.29 bits per heavy atom. The van der Waals surface area contributed by atoms with Gasteiger partial charge < -0.3 is 5.32 Å². The maximum atomic E-state index is 12.2. The highest BCUT2D eigenvalue weighted by molar-refractivity contribution is 5.98. The van der Waals surface area contributed by atoms with E-state index in [1.165, 1.54) is 6.42 Å². The third kappa shape index (κ3) is 4.19. The lowest BCUT2D eigenvalue weighted by atomic mass is 9.82. The smallest absolute Gasteiger partial charge is 0.262 e. The summed E-state index contributed by atoms with van der Waals surface area (Å²) in [6, 6.07) is 11.9. The molecule has 1 N–H and O–H groups in total. The Morgan fingerprint density at radius 2 is 1.95 bits per heavy atom. The molecule has 2 rings (SSSR count). The SMILES string of the molecule is CCC1CCC(=C(C#N)C(=O)NCc2ccccc2)CC1. The van der Waals surface area contributed by atoms with Crippen molar-refractivity contribution in [3.8, 4) is 6.07 Å². The second-order valence-corrected chi connectivity index (χ2v) is 5.61. The van der Waals surface area contributed by atoms with Crippen LogP contribution in [0.25, 0.3) is 0 Å². The van der Waals surface area contributed by atoms with Crippen LogP contribution in [0.15, 0.2) is 41.5 Å². The quantitative estimate of drug-likeness (QED) is 0.676. The number of allylic oxidation sites excluding steroid dienone is 1. The maximum absolute atomic E-state index is 12.2. The summed E-state index contributed by atoms with van der Waals surface area (Å²) in [7, 11) is 0. The first-order valence-corrected chi connectivity index (χ1v) is 7.68. The number of hydrogen-bond acceptors (Lipinski definition) is 2. The van der Waals surface area contributed by atoms with E-state index in [4.69, 9.17) is 0 Å². The van der Waals surface area contributed by atoms with Gasteiger partial charge in [-0.3, -0.25) is 4.79 Å². The van der Waals surface area contributed by atoms with E-state index >= 15 is 0 Å². The van der Waals surface area contributed by atoms with Gasteiger partial charge in [0.1, 0.15) is 11.6 Å². The number of rotatable bonds is 4. The molecular weight excluding hydrogens is 260 g/mol. The molecule has 0 atom stereocenters. The fourth-order valence-corrected chi connectivity index (χ4v) is 2.84. The highest BCUT2D eigenvalue weighted by Crippen LogP contribution is 2.31. The lowest BCUT2D eigenvalue weighted by molar-refractivity contribution is -0.117. The number of carbonyl (C=O) groups excluding carboxylic acids is 1. The van der Waals surface area contributed by atoms with Crippen molar-refractivity contribution >= 4 is 5.91 Å². The molecule has 0 aromatic heterocycles. The summed E-state index contributed by atoms with van der Waals surface area (Å²) in [5, 5.41) is 12.2. The van der Waals surface area contributed by atoms with E-state index in [0.717, 1.165) is 42.7 Å². The second-order valence-electron chi connectivity index (χ2n) is 5.61. The van der Waals surface area contributed by atoms with Gasteiger partial charge in [0.2, 0.25) is 0 Å². The molecule has 0 aliphatic heterocycles. The van der Waals surface area contributed by atoms with Crippen molar-refractivity contribution in [1.82, 2.24) is 5.32 Å². The van der Waals surface area contributed by atoms with E-state index in [9.17, 15) is 10.1 Å². The average Bonchev–Trinajstić information content (AvgIpc) is 2.55. The third-order valence-electron chi connectivity index (χ3n) is 4.27. The Morgan fingerprint density at radius 3 is 2.52 bits per heavy atom. The van der Waals surface area contributed by atoms with Gasteiger partial charge in [0.05, 0.1) is 0 Å². The van der Waals surface area contributed by atoms with Crippen LogP contribution in [-0.4, -0.2) is 5.91 Å². The van der Waals surface area contributed by atoms with Crippen molar-refractivity contribution in [3.63, 3.8) is 0 Å². The molecule has 3 nitrogen and oxygen atoms in total. The monoisotopic (exact) mass is 282 g/mol. The summed E-state index contributed by atoms with van der Waals surface area (Å²) in [6.45, 7) is 2.67. The van der Waals surface area contributed by atoms with Crippen LogP contribution >= 0.6 is 0 Å². The second kappa shape index (κ2) is 7.64. The molecule has 110 valence electrons. The summed E-state index contributed by atoms with van der Waals surface area (Å²) in [5.74, 6) is 0.521. The van der Waals surface area contributed by atoms with Gasteiger partial charge in [-0.1, -0.05) is 43.7 Å². The molecular formula is C18H22N2O. The predicted molar refractivity (Wildman–Crippen MR) is 83.2 cm³/mol. The molecule has 0 heterocycles. The molecule has 1 amide bonds. The van der Waals surface area contributed by atoms with E-state index in [-0.39, 0.29) is 5.91 Å². The zero-order chi connectivity index (χ0) is 15.1. The lowest BCUT2D eigenvalue weighted by Gasteiger charge is -2.23. The highest BCUT2D eigenvalue weighted by Gasteiger charge is 2.21. The number of benzene rings is 1. The van der Waals surface area contributed by atoms with Crippen LogP contribution < -0.4 is 5.32 Å². The van der Waals surface area contributed by atoms with Crippen LogP contribution in [0, 0.1) is 17.2 Å². The largest absolute Gasteiger partial charge is 0.347 e. The van der Waals surface area contributed by atoms with E-state index in [2.05, 4.69) is 18.3 Å². The maximum Gasteiger partial charge on any atom is 0.262 e. The first-order valence-electron chi connectivity index (χ1n) is 7.68. The number of nitriles is 1. The van der Waals surface area contributed by atoms with E-state index in [1.54, 1.807) is 0 Å². The van der Waals surface area contributed by atoms with Crippen LogP contribution in [0.3, 0.4) is 0 Å². The summed E-state index contributed by atoms with van der Waals surface area (Å²) in [5.41, 5.74) is 2.41. The normalized spacial score (nSPS) is 17.9. The van der Waals surface area contributed by atoms with E-state index < -0.39 is 0 Å². The minimum Gasteiger partial charge on any atom is -0.347 e. The zero-order valence-corrected chi connectivity index (χ0v) is 12.6. The summed E-state index contributed by atoms with van der Waals surface area (Å²) in [4.78, 5) is 12.2. The van der Waals surface area contributed by atoms with Gasteiger partial charge in [-0.25, -0.2) is 0 Å². The first kappa shape index (κ1) is 15.3. The van der Waals surface area contributed by atoms with Crippen molar-refractivity contribution in [1.29, 1.82) is 5.26 Å². The minimum atomic E-state index is -0.230. The Hall–Kier alpha value is -2.08. The summed E-state index contributed by atoms with van der Waals surface area (Å²) >= 11 is 0. The van der Waals surface area contributed by atoms with Crippen molar-refractivity contribution in [3.05, 3.63) is 47.0 Å². The average molecular weight is 282 g/mol. The molecule has 0 radical (unpaired) electrons. The van der Waals surface area contributed by atoms with Crippen LogP contribution in [0.1, 0.15) is 44.6 Å². The number of carbonyl (C=O) groups is 1. The summed E-state index contributed by atoms with van der Waals surface area (Å²) < 4.78 is 0. The molecule has 1 fully saturated rings. The van der Waals surface area contributed by atoms with Crippen molar-refractivity contribution < 1.29 is 4.79 Å². The van der Waals surface area contributed by atoms with Crippen LogP contribution in [0.4, 0.5) is 0 Å².